The maximum absolute atomic E-state index is 13.7. The van der Waals surface area contributed by atoms with E-state index in [4.69, 9.17) is 15.3 Å². The summed E-state index contributed by atoms with van der Waals surface area (Å²) in [4.78, 5) is 89.2. The van der Waals surface area contributed by atoms with Gasteiger partial charge in [-0.05, 0) is 5.57 Å². The predicted molar refractivity (Wildman–Crippen MR) is 165 cm³/mol. The number of quaternary nitrogens is 1. The number of nitrogens with one attached hydrogen (secondary N) is 2. The zero-order valence-electron chi connectivity index (χ0n) is 25.3. The van der Waals surface area contributed by atoms with Crippen LogP contribution in [-0.2, 0) is 35.8 Å². The largest absolute Gasteiger partial charge is 0.550 e. The Balaban J connectivity index is 1.63. The number of oxime groups is 1. The molecule has 1 unspecified atom stereocenters. The van der Waals surface area contributed by atoms with Crippen LogP contribution in [0.5, 0.6) is 0 Å². The number of β-lactam (4-membered cyclic amide) rings is 1. The number of carboxylic acid groups (broad SMARTS) is 1. The molecule has 0 aromatic carbocycles. The number of H-pyrrole nitrogens is 1. The van der Waals surface area contributed by atoms with E-state index in [9.17, 15) is 33.9 Å². The van der Waals surface area contributed by atoms with E-state index in [0.717, 1.165) is 23.1 Å². The van der Waals surface area contributed by atoms with Crippen LogP contribution in [-0.4, -0.2) is 122 Å². The number of aromatic nitrogens is 4. The second-order valence-electron chi connectivity index (χ2n) is 11.1. The topological polar surface area (TPSA) is 244 Å². The third-order valence-electron chi connectivity index (χ3n) is 6.43. The van der Waals surface area contributed by atoms with Gasteiger partial charge in [-0.3, -0.25) is 33.9 Å². The quantitative estimate of drug-likeness (QED) is 0.0361. The minimum Gasteiger partial charge on any atom is -0.550 e. The Morgan fingerprint density at radius 1 is 1.28 bits per heavy atom. The van der Waals surface area contributed by atoms with E-state index in [-0.39, 0.29) is 49.9 Å². The van der Waals surface area contributed by atoms with Gasteiger partial charge in [0.25, 0.3) is 11.8 Å². The number of hydrogen-bond acceptors (Lipinski definition) is 16. The minimum absolute atomic E-state index is 0.0493. The van der Waals surface area contributed by atoms with E-state index >= 15 is 0 Å². The zero-order chi connectivity index (χ0) is 33.9. The number of nitrogens with two attached hydrogens (primary N) is 1. The van der Waals surface area contributed by atoms with Gasteiger partial charge in [-0.25, -0.2) is 9.78 Å². The first-order valence-corrected chi connectivity index (χ1v) is 16.3. The lowest BCUT2D eigenvalue weighted by Gasteiger charge is -2.49. The molecular formula is C25H31N9O9S3. The zero-order valence-corrected chi connectivity index (χ0v) is 27.7. The van der Waals surface area contributed by atoms with Crippen LogP contribution >= 0.6 is 34.9 Å². The van der Waals surface area contributed by atoms with Crippen molar-refractivity contribution in [2.45, 2.75) is 29.1 Å². The molecule has 3 atom stereocenters. The Bertz CT molecular complexity index is 1730. The lowest BCUT2D eigenvalue weighted by molar-refractivity contribution is -0.873. The number of ether oxygens (including phenoxy) is 1. The lowest BCUT2D eigenvalue weighted by Crippen LogP contribution is -2.71. The van der Waals surface area contributed by atoms with Crippen molar-refractivity contribution in [1.29, 1.82) is 0 Å². The molecule has 2 aromatic rings. The van der Waals surface area contributed by atoms with Crippen LogP contribution in [0.1, 0.15) is 12.1 Å². The molecule has 0 spiro atoms. The maximum Gasteiger partial charge on any atom is 0.355 e. The van der Waals surface area contributed by atoms with Gasteiger partial charge >= 0.3 is 17.1 Å². The Hall–Kier alpha value is -4.21. The van der Waals surface area contributed by atoms with Gasteiger partial charge in [0, 0.05) is 36.3 Å². The molecule has 18 nitrogen and oxygen atoms in total. The number of aliphatic carboxylic acids is 1. The summed E-state index contributed by atoms with van der Waals surface area (Å²) in [5.74, 6) is -3.52. The minimum atomic E-state index is -1.42. The maximum atomic E-state index is 13.7. The van der Waals surface area contributed by atoms with Crippen molar-refractivity contribution >= 4 is 69.5 Å². The molecule has 2 aliphatic rings. The summed E-state index contributed by atoms with van der Waals surface area (Å²) >= 11 is 3.37. The summed E-state index contributed by atoms with van der Waals surface area (Å²) in [6.45, 7) is 0.133. The molecule has 4 heterocycles. The molecule has 4 rings (SSSR count). The summed E-state index contributed by atoms with van der Waals surface area (Å²) in [6.07, 6.45) is -1.66. The number of esters is 1. The number of aromatic amines is 1. The molecule has 2 amide bonds. The molecule has 21 heteroatoms. The first kappa shape index (κ1) is 34.7. The van der Waals surface area contributed by atoms with E-state index in [1.165, 1.54) is 40.9 Å². The average molecular weight is 698 g/mol. The van der Waals surface area contributed by atoms with Gasteiger partial charge in [0.15, 0.2) is 22.1 Å². The third kappa shape index (κ3) is 7.95. The molecule has 0 aliphatic carbocycles. The predicted octanol–water partition coefficient (Wildman–Crippen LogP) is -2.94. The van der Waals surface area contributed by atoms with Crippen LogP contribution in [0, 0.1) is 0 Å². The molecule has 0 radical (unpaired) electrons. The summed E-state index contributed by atoms with van der Waals surface area (Å²) in [6, 6.07) is -1.07. The summed E-state index contributed by atoms with van der Waals surface area (Å²) < 4.78 is 7.18. The standard InChI is InChI=1S/C25H31N9O9S3/c1-32-25(29-19(38)20(39)30-32)46-9-11-8-44-22-16(28-18(37)15(31-42-5)13-10-45-24(26)27-13)21(40)33(22)17(11)23(41)43-12(6-14(35)36)7-34(2,3)4/h10,12,16,22H,6-9H2,1-5H3,(H4-,26,27,28,30,35,36,37,39)/b31-15-/t12?,16-,22-/m1/s1. The van der Waals surface area contributed by atoms with Crippen molar-refractivity contribution in [3.63, 3.8) is 0 Å². The van der Waals surface area contributed by atoms with Crippen molar-refractivity contribution in [2.24, 2.45) is 12.2 Å². The van der Waals surface area contributed by atoms with Crippen molar-refractivity contribution in [1.82, 2.24) is 30.0 Å². The van der Waals surface area contributed by atoms with Crippen LogP contribution in [0.2, 0.25) is 0 Å². The van der Waals surface area contributed by atoms with Gasteiger partial charge < -0.3 is 35.0 Å². The van der Waals surface area contributed by atoms with E-state index in [1.807, 2.05) is 0 Å². The third-order valence-corrected chi connectivity index (χ3v) is 9.56. The Labute approximate surface area is 273 Å². The molecule has 1 saturated heterocycles. The highest BCUT2D eigenvalue weighted by molar-refractivity contribution is 8.01. The number of carboxylic acids is 1. The average Bonchev–Trinajstić information content (AvgIpc) is 3.39. The summed E-state index contributed by atoms with van der Waals surface area (Å²) in [7, 11) is 8.09. The molecule has 4 N–H and O–H groups in total. The van der Waals surface area contributed by atoms with Crippen LogP contribution < -0.4 is 27.3 Å². The number of likely N-dealkylation sites (N-methyl/N-ethyl adjacent to an activating group) is 1. The first-order chi connectivity index (χ1) is 21.6. The smallest absolute Gasteiger partial charge is 0.355 e. The number of nitrogens with zero attached hydrogens (tertiary/aromatic N) is 6. The van der Waals surface area contributed by atoms with Crippen LogP contribution in [0.15, 0.2) is 36.6 Å². The second-order valence-corrected chi connectivity index (χ2v) is 14.0. The number of amides is 2. The van der Waals surface area contributed by atoms with E-state index in [1.54, 1.807) is 21.1 Å². The fraction of sp³-hybridized carbons (Fsp3) is 0.480. The monoisotopic (exact) mass is 697 g/mol. The number of aryl methyl sites for hydroxylation is 1. The molecule has 2 aromatic heterocycles. The molecule has 2 aliphatic heterocycles. The molecule has 248 valence electrons. The van der Waals surface area contributed by atoms with Crippen molar-refractivity contribution in [3.8, 4) is 0 Å². The Morgan fingerprint density at radius 2 is 2.00 bits per heavy atom. The van der Waals surface area contributed by atoms with Crippen LogP contribution in [0.25, 0.3) is 0 Å². The first-order valence-electron chi connectivity index (χ1n) is 13.4. The number of anilines is 1. The van der Waals surface area contributed by atoms with Gasteiger partial charge in [-0.1, -0.05) is 16.9 Å². The SMILES string of the molecule is CO/N=C(\C(=O)N[C@@H]1C(=O)N2C(C(=O)OC(CC(=O)[O-])C[N+](C)(C)C)=C(CSc3nc(=O)c(=O)[nH]n3C)CS[C@H]12)c1csc(N)n1. The molecular weight excluding hydrogens is 667 g/mol. The van der Waals surface area contributed by atoms with Gasteiger partial charge in [-0.15, -0.1) is 23.1 Å². The van der Waals surface area contributed by atoms with E-state index in [0.29, 0.717) is 5.57 Å². The van der Waals surface area contributed by atoms with E-state index < -0.39 is 58.8 Å². The van der Waals surface area contributed by atoms with Gasteiger partial charge in [0.2, 0.25) is 0 Å². The van der Waals surface area contributed by atoms with Gasteiger partial charge in [0.05, 0.1) is 21.1 Å². The fourth-order valence-corrected chi connectivity index (χ4v) is 7.53. The van der Waals surface area contributed by atoms with E-state index in [2.05, 4.69) is 25.5 Å². The van der Waals surface area contributed by atoms with Crippen molar-refractivity contribution in [2.75, 3.05) is 52.0 Å². The normalized spacial score (nSPS) is 18.8. The number of nitrogen functional groups attached to an aromatic ring is 1. The second kappa shape index (κ2) is 14.1. The molecule has 46 heavy (non-hydrogen) atoms. The molecule has 0 bridgehead atoms. The fourth-order valence-electron chi connectivity index (χ4n) is 4.57. The highest BCUT2D eigenvalue weighted by Crippen LogP contribution is 2.42. The number of carbonyl (C=O) groups excluding carboxylic acids is 4. The summed E-state index contributed by atoms with van der Waals surface area (Å²) in [5.41, 5.74) is 4.03. The van der Waals surface area contributed by atoms with Crippen LogP contribution in [0.3, 0.4) is 0 Å². The number of thiazole rings is 1. The number of rotatable bonds is 13. The number of fused-ring (bicyclic) bond motifs is 1. The number of hydrogen-bond donors (Lipinski definition) is 3. The van der Waals surface area contributed by atoms with Crippen molar-refractivity contribution < 1.29 is 38.3 Å². The Morgan fingerprint density at radius 3 is 2.61 bits per heavy atom. The van der Waals surface area contributed by atoms with Gasteiger partial charge in [0.1, 0.15) is 36.5 Å². The Kier molecular flexibility index (Phi) is 10.6. The number of thioether (sulfide) groups is 2. The highest BCUT2D eigenvalue weighted by Gasteiger charge is 2.55. The summed E-state index contributed by atoms with van der Waals surface area (Å²) in [5, 5.41) is 21.3. The van der Waals surface area contributed by atoms with Crippen molar-refractivity contribution in [3.05, 3.63) is 43.1 Å². The highest BCUT2D eigenvalue weighted by atomic mass is 32.2. The van der Waals surface area contributed by atoms with Gasteiger partial charge in [-0.2, -0.15) is 4.98 Å². The number of carbonyl (C=O) groups is 4. The molecule has 0 saturated carbocycles. The van der Waals surface area contributed by atoms with Crippen LogP contribution in [0.4, 0.5) is 5.13 Å². The lowest BCUT2D eigenvalue weighted by atomic mass is 10.0. The molecule has 1 fully saturated rings.